The van der Waals surface area contributed by atoms with Crippen LogP contribution in [-0.2, 0) is 9.53 Å². The van der Waals surface area contributed by atoms with Gasteiger partial charge in [0.15, 0.2) is 0 Å². The molecule has 0 saturated heterocycles. The Labute approximate surface area is 113 Å². The first-order valence-corrected chi connectivity index (χ1v) is 6.30. The summed E-state index contributed by atoms with van der Waals surface area (Å²) in [6, 6.07) is 5.94. The van der Waals surface area contributed by atoms with E-state index >= 15 is 0 Å². The van der Waals surface area contributed by atoms with Crippen molar-refractivity contribution in [3.05, 3.63) is 30.1 Å². The van der Waals surface area contributed by atoms with Crippen molar-refractivity contribution in [3.8, 4) is 0 Å². The number of amides is 1. The van der Waals surface area contributed by atoms with E-state index in [9.17, 15) is 9.18 Å². The molecule has 0 aliphatic heterocycles. The number of halogens is 1. The van der Waals surface area contributed by atoms with Crippen molar-refractivity contribution >= 4 is 11.6 Å². The molecule has 106 valence electrons. The van der Waals surface area contributed by atoms with Gasteiger partial charge in [-0.05, 0) is 24.1 Å². The van der Waals surface area contributed by atoms with Crippen LogP contribution in [0.2, 0.25) is 0 Å². The lowest BCUT2D eigenvalue weighted by atomic mass is 10.1. The summed E-state index contributed by atoms with van der Waals surface area (Å²) in [7, 11) is 1.63. The van der Waals surface area contributed by atoms with E-state index in [1.807, 2.05) is 0 Å². The molecule has 0 aromatic heterocycles. The molecule has 1 atom stereocenters. The third-order valence-electron chi connectivity index (χ3n) is 2.78. The number of nitrogens with one attached hydrogen (secondary N) is 2. The van der Waals surface area contributed by atoms with Crippen LogP contribution in [0.5, 0.6) is 0 Å². The van der Waals surface area contributed by atoms with Gasteiger partial charge in [0, 0.05) is 18.8 Å². The summed E-state index contributed by atoms with van der Waals surface area (Å²) in [4.78, 5) is 11.7. The number of benzene rings is 1. The molecule has 0 radical (unpaired) electrons. The Kier molecular flexibility index (Phi) is 6.45. The quantitative estimate of drug-likeness (QED) is 0.795. The van der Waals surface area contributed by atoms with E-state index in [4.69, 9.17) is 4.74 Å². The molecule has 0 heterocycles. The zero-order valence-electron chi connectivity index (χ0n) is 11.6. The van der Waals surface area contributed by atoms with Crippen LogP contribution >= 0.6 is 0 Å². The normalized spacial score (nSPS) is 12.5. The minimum Gasteiger partial charge on any atom is -0.383 e. The predicted molar refractivity (Wildman–Crippen MR) is 73.5 cm³/mol. The number of methoxy groups -OCH3 is 1. The van der Waals surface area contributed by atoms with E-state index < -0.39 is 0 Å². The highest BCUT2D eigenvalue weighted by Gasteiger charge is 2.14. The van der Waals surface area contributed by atoms with E-state index in [1.165, 1.54) is 12.1 Å². The molecule has 0 spiro atoms. The maximum absolute atomic E-state index is 13.0. The van der Waals surface area contributed by atoms with Crippen LogP contribution < -0.4 is 10.6 Å². The Morgan fingerprint density at radius 2 is 2.16 bits per heavy atom. The Hall–Kier alpha value is -1.46. The Morgan fingerprint density at radius 1 is 1.42 bits per heavy atom. The predicted octanol–water partition coefficient (Wildman–Crippen LogP) is 2.02. The van der Waals surface area contributed by atoms with Crippen molar-refractivity contribution in [2.75, 3.05) is 25.6 Å². The van der Waals surface area contributed by atoms with Crippen molar-refractivity contribution in [2.45, 2.75) is 19.9 Å². The van der Waals surface area contributed by atoms with E-state index in [2.05, 4.69) is 24.5 Å². The molecule has 0 aliphatic rings. The third-order valence-corrected chi connectivity index (χ3v) is 2.78. The lowest BCUT2D eigenvalue weighted by Crippen LogP contribution is -2.42. The molecule has 1 unspecified atom stereocenters. The molecule has 19 heavy (non-hydrogen) atoms. The smallest absolute Gasteiger partial charge is 0.238 e. The summed E-state index contributed by atoms with van der Waals surface area (Å²) in [5.41, 5.74) is 0.458. The van der Waals surface area contributed by atoms with Gasteiger partial charge in [0.05, 0.1) is 13.2 Å². The standard InChI is InChI=1S/C14H21FN2O2/c1-10(2)13(9-19-3)16-8-14(18)17-12-6-4-5-11(15)7-12/h4-7,10,13,16H,8-9H2,1-3H3,(H,17,18). The third kappa shape index (κ3) is 5.81. The Bertz CT molecular complexity index is 410. The first-order chi connectivity index (χ1) is 9.02. The molecular weight excluding hydrogens is 247 g/mol. The highest BCUT2D eigenvalue weighted by molar-refractivity contribution is 5.92. The topological polar surface area (TPSA) is 50.4 Å². The molecule has 2 N–H and O–H groups in total. The van der Waals surface area contributed by atoms with Gasteiger partial charge in [0.2, 0.25) is 5.91 Å². The van der Waals surface area contributed by atoms with Gasteiger partial charge in [-0.2, -0.15) is 0 Å². The van der Waals surface area contributed by atoms with Gasteiger partial charge in [0.25, 0.3) is 0 Å². The fourth-order valence-corrected chi connectivity index (χ4v) is 1.66. The summed E-state index contributed by atoms with van der Waals surface area (Å²) in [6.45, 7) is 4.83. The zero-order valence-corrected chi connectivity index (χ0v) is 11.6. The van der Waals surface area contributed by atoms with Gasteiger partial charge in [-0.15, -0.1) is 0 Å². The van der Waals surface area contributed by atoms with Gasteiger partial charge in [-0.1, -0.05) is 19.9 Å². The molecule has 5 heteroatoms. The van der Waals surface area contributed by atoms with Crippen molar-refractivity contribution in [3.63, 3.8) is 0 Å². The molecule has 1 rings (SSSR count). The summed E-state index contributed by atoms with van der Waals surface area (Å²) in [6.07, 6.45) is 0. The van der Waals surface area contributed by atoms with Crippen LogP contribution in [-0.4, -0.2) is 32.2 Å². The Balaban J connectivity index is 2.42. The number of rotatable bonds is 7. The maximum atomic E-state index is 13.0. The van der Waals surface area contributed by atoms with E-state index in [0.717, 1.165) is 0 Å². The minimum atomic E-state index is -0.370. The van der Waals surface area contributed by atoms with Gasteiger partial charge in [0.1, 0.15) is 5.82 Å². The molecule has 1 aromatic rings. The highest BCUT2D eigenvalue weighted by atomic mass is 19.1. The number of hydrogen-bond acceptors (Lipinski definition) is 3. The van der Waals surface area contributed by atoms with Crippen LogP contribution in [0, 0.1) is 11.7 Å². The second-order valence-corrected chi connectivity index (χ2v) is 4.75. The van der Waals surface area contributed by atoms with Gasteiger partial charge in [-0.3, -0.25) is 4.79 Å². The molecule has 1 amide bonds. The summed E-state index contributed by atoms with van der Waals surface area (Å²) in [5, 5.41) is 5.76. The van der Waals surface area contributed by atoms with E-state index in [-0.39, 0.29) is 24.3 Å². The SMILES string of the molecule is COCC(NCC(=O)Nc1cccc(F)c1)C(C)C. The molecule has 0 bridgehead atoms. The number of ether oxygens (including phenoxy) is 1. The average molecular weight is 268 g/mol. The van der Waals surface area contributed by atoms with E-state index in [1.54, 1.807) is 19.2 Å². The maximum Gasteiger partial charge on any atom is 0.238 e. The van der Waals surface area contributed by atoms with Crippen LogP contribution in [0.1, 0.15) is 13.8 Å². The molecule has 4 nitrogen and oxygen atoms in total. The summed E-state index contributed by atoms with van der Waals surface area (Å²) >= 11 is 0. The van der Waals surface area contributed by atoms with Crippen molar-refractivity contribution in [1.82, 2.24) is 5.32 Å². The lowest BCUT2D eigenvalue weighted by molar-refractivity contribution is -0.115. The fraction of sp³-hybridized carbons (Fsp3) is 0.500. The van der Waals surface area contributed by atoms with Crippen molar-refractivity contribution < 1.29 is 13.9 Å². The minimum absolute atomic E-state index is 0.114. The number of carbonyl (C=O) groups excluding carboxylic acids is 1. The molecular formula is C14H21FN2O2. The van der Waals surface area contributed by atoms with Gasteiger partial charge in [-0.25, -0.2) is 4.39 Å². The van der Waals surface area contributed by atoms with Gasteiger partial charge >= 0.3 is 0 Å². The zero-order chi connectivity index (χ0) is 14.3. The molecule has 0 fully saturated rings. The summed E-state index contributed by atoms with van der Waals surface area (Å²) in [5.74, 6) is -0.209. The molecule has 0 aliphatic carbocycles. The highest BCUT2D eigenvalue weighted by Crippen LogP contribution is 2.08. The summed E-state index contributed by atoms with van der Waals surface area (Å²) < 4.78 is 18.0. The second kappa shape index (κ2) is 7.86. The first-order valence-electron chi connectivity index (χ1n) is 6.30. The van der Waals surface area contributed by atoms with Crippen molar-refractivity contribution in [2.24, 2.45) is 5.92 Å². The van der Waals surface area contributed by atoms with E-state index in [0.29, 0.717) is 18.2 Å². The number of anilines is 1. The fourth-order valence-electron chi connectivity index (χ4n) is 1.66. The monoisotopic (exact) mass is 268 g/mol. The largest absolute Gasteiger partial charge is 0.383 e. The van der Waals surface area contributed by atoms with Crippen LogP contribution in [0.25, 0.3) is 0 Å². The van der Waals surface area contributed by atoms with Crippen LogP contribution in [0.15, 0.2) is 24.3 Å². The van der Waals surface area contributed by atoms with Crippen LogP contribution in [0.3, 0.4) is 0 Å². The Morgan fingerprint density at radius 3 is 2.74 bits per heavy atom. The van der Waals surface area contributed by atoms with Gasteiger partial charge < -0.3 is 15.4 Å². The average Bonchev–Trinajstić information content (AvgIpc) is 2.34. The molecule has 1 aromatic carbocycles. The number of carbonyl (C=O) groups is 1. The molecule has 0 saturated carbocycles. The first kappa shape index (κ1) is 15.6. The van der Waals surface area contributed by atoms with Crippen molar-refractivity contribution in [1.29, 1.82) is 0 Å². The number of hydrogen-bond donors (Lipinski definition) is 2. The lowest BCUT2D eigenvalue weighted by Gasteiger charge is -2.21. The second-order valence-electron chi connectivity index (χ2n) is 4.75. The van der Waals surface area contributed by atoms with Crippen LogP contribution in [0.4, 0.5) is 10.1 Å².